The van der Waals surface area contributed by atoms with Crippen LogP contribution in [0.3, 0.4) is 0 Å². The summed E-state index contributed by atoms with van der Waals surface area (Å²) >= 11 is 0. The van der Waals surface area contributed by atoms with Gasteiger partial charge in [0.05, 0.1) is 11.0 Å². The van der Waals surface area contributed by atoms with Crippen molar-refractivity contribution in [1.82, 2.24) is 14.9 Å². The molecule has 7 nitrogen and oxygen atoms in total. The Balaban J connectivity index is 1.79. The van der Waals surface area contributed by atoms with Crippen molar-refractivity contribution in [2.45, 2.75) is 25.5 Å². The average Bonchev–Trinajstić information content (AvgIpc) is 3.05. The van der Waals surface area contributed by atoms with Crippen molar-refractivity contribution in [2.75, 3.05) is 13.2 Å². The van der Waals surface area contributed by atoms with E-state index in [0.29, 0.717) is 18.5 Å². The molecule has 1 fully saturated rings. The lowest BCUT2D eigenvalue weighted by atomic mass is 10.2. The summed E-state index contributed by atoms with van der Waals surface area (Å²) in [4.78, 5) is 37.8. The summed E-state index contributed by atoms with van der Waals surface area (Å²) in [5, 5.41) is 2.69. The van der Waals surface area contributed by atoms with Crippen molar-refractivity contribution < 1.29 is 13.9 Å². The minimum atomic E-state index is -0.825. The van der Waals surface area contributed by atoms with Crippen LogP contribution in [-0.2, 0) is 16.1 Å². The van der Waals surface area contributed by atoms with E-state index in [1.165, 1.54) is 16.7 Å². The molecular formula is C15H16FN3O4. The van der Waals surface area contributed by atoms with Crippen molar-refractivity contribution in [3.8, 4) is 0 Å². The summed E-state index contributed by atoms with van der Waals surface area (Å²) in [6.07, 6.45) is 1.08. The van der Waals surface area contributed by atoms with Crippen LogP contribution in [0.15, 0.2) is 27.8 Å². The number of aromatic nitrogens is 2. The monoisotopic (exact) mass is 321 g/mol. The number of benzene rings is 1. The topological polar surface area (TPSA) is 93.2 Å². The summed E-state index contributed by atoms with van der Waals surface area (Å²) in [5.41, 5.74) is -0.925. The second-order valence-corrected chi connectivity index (χ2v) is 5.37. The van der Waals surface area contributed by atoms with Gasteiger partial charge in [-0.3, -0.25) is 14.4 Å². The van der Waals surface area contributed by atoms with E-state index in [-0.39, 0.29) is 24.5 Å². The molecule has 0 spiro atoms. The highest BCUT2D eigenvalue weighted by molar-refractivity contribution is 5.81. The van der Waals surface area contributed by atoms with Gasteiger partial charge in [0.1, 0.15) is 11.9 Å². The van der Waals surface area contributed by atoms with E-state index in [4.69, 9.17) is 4.74 Å². The highest BCUT2D eigenvalue weighted by atomic mass is 19.1. The van der Waals surface area contributed by atoms with E-state index in [0.717, 1.165) is 12.5 Å². The number of rotatable bonds is 4. The third-order valence-electron chi connectivity index (χ3n) is 3.79. The molecule has 0 bridgehead atoms. The molecule has 2 heterocycles. The molecule has 0 aliphatic carbocycles. The number of carbonyl (C=O) groups is 1. The van der Waals surface area contributed by atoms with Crippen LogP contribution in [0, 0.1) is 5.82 Å². The van der Waals surface area contributed by atoms with Crippen molar-refractivity contribution in [1.29, 1.82) is 0 Å². The molecule has 0 saturated carbocycles. The van der Waals surface area contributed by atoms with Gasteiger partial charge in [0, 0.05) is 19.7 Å². The highest BCUT2D eigenvalue weighted by Gasteiger charge is 2.23. The fourth-order valence-electron chi connectivity index (χ4n) is 2.66. The number of hydrogen-bond acceptors (Lipinski definition) is 4. The predicted molar refractivity (Wildman–Crippen MR) is 80.8 cm³/mol. The number of amides is 1. The van der Waals surface area contributed by atoms with Gasteiger partial charge in [-0.25, -0.2) is 4.39 Å². The lowest BCUT2D eigenvalue weighted by molar-refractivity contribution is -0.130. The van der Waals surface area contributed by atoms with E-state index >= 15 is 0 Å². The molecule has 1 saturated heterocycles. The van der Waals surface area contributed by atoms with Crippen molar-refractivity contribution in [3.63, 3.8) is 0 Å². The third kappa shape index (κ3) is 3.16. The van der Waals surface area contributed by atoms with E-state index in [1.807, 2.05) is 0 Å². The molecule has 23 heavy (non-hydrogen) atoms. The van der Waals surface area contributed by atoms with Crippen molar-refractivity contribution in [3.05, 3.63) is 44.7 Å². The Bertz CT molecular complexity index is 852. The third-order valence-corrected chi connectivity index (χ3v) is 3.79. The summed E-state index contributed by atoms with van der Waals surface area (Å²) < 4.78 is 19.7. The molecule has 1 unspecified atom stereocenters. The number of carbonyl (C=O) groups excluding carboxylic acids is 1. The molecule has 1 aromatic carbocycles. The first-order chi connectivity index (χ1) is 11.1. The molecule has 122 valence electrons. The number of H-pyrrole nitrogens is 1. The van der Waals surface area contributed by atoms with E-state index in [9.17, 15) is 18.8 Å². The number of nitrogens with zero attached hydrogens (tertiary/aromatic N) is 1. The molecule has 2 N–H and O–H groups in total. The molecular weight excluding hydrogens is 305 g/mol. The van der Waals surface area contributed by atoms with Gasteiger partial charge in [0.25, 0.3) is 0 Å². The quantitative estimate of drug-likeness (QED) is 0.783. The Hall–Kier alpha value is -2.48. The molecule has 8 heteroatoms. The largest absolute Gasteiger partial charge is 0.368 e. The lowest BCUT2D eigenvalue weighted by Gasteiger charge is -2.12. The van der Waals surface area contributed by atoms with Gasteiger partial charge in [-0.2, -0.15) is 0 Å². The summed E-state index contributed by atoms with van der Waals surface area (Å²) in [7, 11) is 0. The molecule has 1 aliphatic rings. The number of halogens is 1. The van der Waals surface area contributed by atoms with Crippen LogP contribution in [-0.4, -0.2) is 34.7 Å². The zero-order valence-corrected chi connectivity index (χ0v) is 12.3. The average molecular weight is 321 g/mol. The second-order valence-electron chi connectivity index (χ2n) is 5.37. The van der Waals surface area contributed by atoms with Crippen LogP contribution in [0.5, 0.6) is 0 Å². The predicted octanol–water partition coefficient (Wildman–Crippen LogP) is 0.124. The fraction of sp³-hybridized carbons (Fsp3) is 0.400. The first-order valence-electron chi connectivity index (χ1n) is 7.38. The molecule has 0 radical (unpaired) electrons. The Labute approximate surface area is 130 Å². The molecule has 1 atom stereocenters. The highest BCUT2D eigenvalue weighted by Crippen LogP contribution is 2.12. The van der Waals surface area contributed by atoms with Crippen LogP contribution >= 0.6 is 0 Å². The zero-order valence-electron chi connectivity index (χ0n) is 12.3. The Morgan fingerprint density at radius 1 is 1.43 bits per heavy atom. The van der Waals surface area contributed by atoms with Gasteiger partial charge in [0.2, 0.25) is 5.91 Å². The number of ether oxygens (including phenoxy) is 1. The van der Waals surface area contributed by atoms with Crippen molar-refractivity contribution in [2.24, 2.45) is 0 Å². The molecule has 1 aromatic heterocycles. The van der Waals surface area contributed by atoms with Crippen molar-refractivity contribution >= 4 is 16.9 Å². The Kier molecular flexibility index (Phi) is 4.24. The first kappa shape index (κ1) is 15.4. The molecule has 1 amide bonds. The van der Waals surface area contributed by atoms with Gasteiger partial charge < -0.3 is 19.6 Å². The summed E-state index contributed by atoms with van der Waals surface area (Å²) in [5.74, 6) is -0.735. The Morgan fingerprint density at radius 3 is 3.00 bits per heavy atom. The van der Waals surface area contributed by atoms with Gasteiger partial charge in [-0.15, -0.1) is 0 Å². The number of fused-ring (bicyclic) bond motifs is 1. The number of nitrogens with one attached hydrogen (secondary N) is 2. The van der Waals surface area contributed by atoms with Crippen LogP contribution in [0.2, 0.25) is 0 Å². The number of hydrogen-bond donors (Lipinski definition) is 2. The van der Waals surface area contributed by atoms with E-state index in [1.54, 1.807) is 0 Å². The standard InChI is InChI=1S/C15H16FN3O4/c16-9-3-4-11-10(8-9)18-14(21)15(22)19(11)6-5-17-13(20)12-2-1-7-23-12/h3-4,8,12H,1-2,5-7H2,(H,17,20)(H,18,21). The summed E-state index contributed by atoms with van der Waals surface area (Å²) in [6.45, 7) is 0.861. The van der Waals surface area contributed by atoms with Gasteiger partial charge in [-0.1, -0.05) is 0 Å². The normalized spacial score (nSPS) is 17.5. The summed E-state index contributed by atoms with van der Waals surface area (Å²) in [6, 6.07) is 3.78. The minimum Gasteiger partial charge on any atom is -0.368 e. The van der Waals surface area contributed by atoms with E-state index < -0.39 is 23.0 Å². The first-order valence-corrected chi connectivity index (χ1v) is 7.38. The Morgan fingerprint density at radius 2 is 2.26 bits per heavy atom. The SMILES string of the molecule is O=C(NCCn1c(=O)c(=O)[nH]c2cc(F)ccc21)C1CCCO1. The van der Waals surface area contributed by atoms with Crippen LogP contribution in [0.4, 0.5) is 4.39 Å². The minimum absolute atomic E-state index is 0.114. The number of aromatic amines is 1. The molecule has 3 rings (SSSR count). The smallest absolute Gasteiger partial charge is 0.316 e. The maximum atomic E-state index is 13.3. The maximum absolute atomic E-state index is 13.3. The maximum Gasteiger partial charge on any atom is 0.316 e. The van der Waals surface area contributed by atoms with Gasteiger partial charge >= 0.3 is 11.1 Å². The van der Waals surface area contributed by atoms with Gasteiger partial charge in [-0.05, 0) is 31.0 Å². The molecule has 1 aliphatic heterocycles. The zero-order chi connectivity index (χ0) is 16.4. The lowest BCUT2D eigenvalue weighted by Crippen LogP contribution is -2.41. The fourth-order valence-corrected chi connectivity index (χ4v) is 2.66. The van der Waals surface area contributed by atoms with Crippen LogP contribution in [0.25, 0.3) is 11.0 Å². The van der Waals surface area contributed by atoms with Crippen LogP contribution < -0.4 is 16.4 Å². The molecule has 2 aromatic rings. The van der Waals surface area contributed by atoms with Gasteiger partial charge in [0.15, 0.2) is 0 Å². The second kappa shape index (κ2) is 6.33. The van der Waals surface area contributed by atoms with Crippen LogP contribution in [0.1, 0.15) is 12.8 Å². The van der Waals surface area contributed by atoms with E-state index in [2.05, 4.69) is 10.3 Å².